The Morgan fingerprint density at radius 2 is 1.95 bits per heavy atom. The van der Waals surface area contributed by atoms with Crippen LogP contribution in [0.5, 0.6) is 0 Å². The molecule has 2 heterocycles. The van der Waals surface area contributed by atoms with Crippen molar-refractivity contribution in [1.29, 1.82) is 0 Å². The molecule has 3 atom stereocenters. The van der Waals surface area contributed by atoms with E-state index in [1.807, 2.05) is 17.0 Å². The molecule has 4 rings (SSSR count). The first-order valence-corrected chi connectivity index (χ1v) is 13.4. The Morgan fingerprint density at radius 3 is 2.66 bits per heavy atom. The van der Waals surface area contributed by atoms with Crippen molar-refractivity contribution in [3.63, 3.8) is 0 Å². The molecule has 206 valence electrons. The molecule has 38 heavy (non-hydrogen) atoms. The lowest BCUT2D eigenvalue weighted by atomic mass is 9.98. The van der Waals surface area contributed by atoms with Gasteiger partial charge in [-0.1, -0.05) is 30.3 Å². The molecule has 3 amide bonds. The summed E-state index contributed by atoms with van der Waals surface area (Å²) in [7, 11) is -4.52. The molecular formula is C24H31ClN6O6S. The molecule has 0 unspecified atom stereocenters. The monoisotopic (exact) mass is 566 g/mol. The van der Waals surface area contributed by atoms with Crippen molar-refractivity contribution < 1.29 is 27.9 Å². The molecule has 0 radical (unpaired) electrons. The maximum absolute atomic E-state index is 13.6. The van der Waals surface area contributed by atoms with Crippen molar-refractivity contribution in [2.24, 2.45) is 16.9 Å². The molecule has 2 saturated heterocycles. The fraction of sp³-hybridized carbons (Fsp3) is 0.417. The number of likely N-dealkylation sites (tertiary alicyclic amines) is 1. The Hall–Kier alpha value is -3.42. The molecule has 5 N–H and O–H groups in total. The normalized spacial score (nSPS) is 22.3. The highest BCUT2D eigenvalue weighted by Crippen LogP contribution is 2.27. The number of piperidine rings is 1. The summed E-state index contributed by atoms with van der Waals surface area (Å²) in [4.78, 5) is 40.5. The average Bonchev–Trinajstić information content (AvgIpc) is 2.89. The minimum Gasteiger partial charge on any atom is -0.394 e. The minimum atomic E-state index is -4.52. The van der Waals surface area contributed by atoms with Crippen molar-refractivity contribution in [3.05, 3.63) is 42.5 Å². The molecule has 2 aromatic rings. The van der Waals surface area contributed by atoms with Gasteiger partial charge in [-0.05, 0) is 41.7 Å². The van der Waals surface area contributed by atoms with E-state index in [-0.39, 0.29) is 23.2 Å². The number of nitrogens with one attached hydrogen (secondary N) is 2. The van der Waals surface area contributed by atoms with Gasteiger partial charge in [-0.15, -0.1) is 12.4 Å². The molecular weight excluding hydrogens is 536 g/mol. The second-order valence-corrected chi connectivity index (χ2v) is 11.0. The number of carbonyl (C=O) groups excluding carboxylic acids is 3. The summed E-state index contributed by atoms with van der Waals surface area (Å²) in [6.45, 7) is 0.984. The Labute approximate surface area is 226 Å². The number of nitrogens with zero attached hydrogens (tertiary/aromatic N) is 3. The number of hydrogen-bond acceptors (Lipinski definition) is 8. The number of aliphatic hydroxyl groups excluding tert-OH is 1. The van der Waals surface area contributed by atoms with Crippen molar-refractivity contribution in [2.45, 2.75) is 36.2 Å². The van der Waals surface area contributed by atoms with Crippen LogP contribution in [0.15, 0.2) is 52.5 Å². The Bertz CT molecular complexity index is 1320. The summed E-state index contributed by atoms with van der Waals surface area (Å²) < 4.78 is 27.7. The minimum absolute atomic E-state index is 0. The van der Waals surface area contributed by atoms with Gasteiger partial charge in [-0.2, -0.15) is 5.10 Å². The van der Waals surface area contributed by atoms with Crippen molar-refractivity contribution in [1.82, 2.24) is 19.8 Å². The highest BCUT2D eigenvalue weighted by atomic mass is 35.5. The molecule has 0 aliphatic carbocycles. The Kier molecular flexibility index (Phi) is 9.52. The van der Waals surface area contributed by atoms with Crippen LogP contribution in [0, 0.1) is 5.92 Å². The summed E-state index contributed by atoms with van der Waals surface area (Å²) in [6, 6.07) is 8.44. The number of nitrogens with two attached hydrogens (primary N) is 1. The summed E-state index contributed by atoms with van der Waals surface area (Å²) in [5.74, 6) is 2.93. The average molecular weight is 567 g/mol. The van der Waals surface area contributed by atoms with Crippen LogP contribution in [-0.4, -0.2) is 85.1 Å². The zero-order chi connectivity index (χ0) is 26.6. The topological polar surface area (TPSA) is 174 Å². The number of rotatable bonds is 8. The number of hydrazone groups is 1. The van der Waals surface area contributed by atoms with Gasteiger partial charge >= 0.3 is 0 Å². The smallest absolute Gasteiger partial charge is 0.267 e. The number of halogens is 1. The van der Waals surface area contributed by atoms with Crippen LogP contribution >= 0.6 is 12.4 Å². The van der Waals surface area contributed by atoms with Gasteiger partial charge in [0.1, 0.15) is 18.4 Å². The van der Waals surface area contributed by atoms with Gasteiger partial charge in [-0.25, -0.2) is 12.7 Å². The van der Waals surface area contributed by atoms with Crippen LogP contribution in [0.2, 0.25) is 0 Å². The van der Waals surface area contributed by atoms with Gasteiger partial charge < -0.3 is 26.5 Å². The quantitative estimate of drug-likeness (QED) is 0.146. The van der Waals surface area contributed by atoms with Gasteiger partial charge in [0.2, 0.25) is 11.8 Å². The van der Waals surface area contributed by atoms with Crippen molar-refractivity contribution in [3.8, 4) is 0 Å². The van der Waals surface area contributed by atoms with Crippen LogP contribution < -0.4 is 16.5 Å². The number of fused-ring (bicyclic) bond motifs is 1. The van der Waals surface area contributed by atoms with Gasteiger partial charge in [-0.3, -0.25) is 14.4 Å². The Morgan fingerprint density at radius 1 is 1.21 bits per heavy atom. The molecule has 2 aliphatic rings. The van der Waals surface area contributed by atoms with E-state index in [9.17, 15) is 27.9 Å². The number of piperazine rings is 1. The van der Waals surface area contributed by atoms with E-state index in [1.54, 1.807) is 24.5 Å². The Balaban J connectivity index is 0.00000400. The second-order valence-electron chi connectivity index (χ2n) is 9.18. The largest absolute Gasteiger partial charge is 0.394 e. The van der Waals surface area contributed by atoms with E-state index in [4.69, 9.17) is 5.84 Å². The van der Waals surface area contributed by atoms with Crippen molar-refractivity contribution >= 4 is 57.3 Å². The lowest BCUT2D eigenvalue weighted by molar-refractivity contribution is -0.146. The lowest BCUT2D eigenvalue weighted by Crippen LogP contribution is -2.66. The number of aliphatic hydroxyl groups is 1. The van der Waals surface area contributed by atoms with Gasteiger partial charge in [0.15, 0.2) is 0 Å². The van der Waals surface area contributed by atoms with Crippen LogP contribution in [0.4, 0.5) is 0 Å². The third kappa shape index (κ3) is 6.17. The van der Waals surface area contributed by atoms with Gasteiger partial charge in [0.25, 0.3) is 15.9 Å². The molecule has 0 spiro atoms. The molecule has 2 aliphatic heterocycles. The van der Waals surface area contributed by atoms with Crippen LogP contribution in [-0.2, 0) is 24.4 Å². The fourth-order valence-electron chi connectivity index (χ4n) is 4.74. The highest BCUT2D eigenvalue weighted by Gasteiger charge is 2.47. The molecule has 0 saturated carbocycles. The van der Waals surface area contributed by atoms with E-state index in [0.717, 1.165) is 24.8 Å². The predicted octanol–water partition coefficient (Wildman–Crippen LogP) is -0.241. The number of sulfonamides is 1. The molecule has 0 aromatic heterocycles. The molecule has 0 bridgehead atoms. The highest BCUT2D eigenvalue weighted by molar-refractivity contribution is 7.89. The van der Waals surface area contributed by atoms with Crippen LogP contribution in [0.1, 0.15) is 19.3 Å². The van der Waals surface area contributed by atoms with E-state index >= 15 is 0 Å². The number of carbonyl (C=O) groups is 3. The third-order valence-electron chi connectivity index (χ3n) is 6.62. The SMILES string of the molecule is Cl.NN=CN1CCC[C@@H](CNC(=O)C[C@H]2C(=O)N[C@@H](CO)C(=O)N2S(=O)(=O)c2ccc3ccccc3c2)C1. The van der Waals surface area contributed by atoms with E-state index in [1.165, 1.54) is 12.1 Å². The van der Waals surface area contributed by atoms with Gasteiger partial charge in [0.05, 0.1) is 17.9 Å². The predicted molar refractivity (Wildman–Crippen MR) is 143 cm³/mol. The first-order valence-electron chi connectivity index (χ1n) is 12.0. The number of benzene rings is 2. The van der Waals surface area contributed by atoms with Crippen LogP contribution in [0.25, 0.3) is 10.8 Å². The van der Waals surface area contributed by atoms with E-state index in [2.05, 4.69) is 15.7 Å². The number of hydrogen-bond donors (Lipinski definition) is 4. The van der Waals surface area contributed by atoms with E-state index < -0.39 is 52.9 Å². The molecule has 14 heteroatoms. The maximum Gasteiger partial charge on any atom is 0.267 e. The van der Waals surface area contributed by atoms with Gasteiger partial charge in [0, 0.05) is 19.6 Å². The van der Waals surface area contributed by atoms with Crippen molar-refractivity contribution in [2.75, 3.05) is 26.2 Å². The summed E-state index contributed by atoms with van der Waals surface area (Å²) in [5.41, 5.74) is 0. The fourth-order valence-corrected chi connectivity index (χ4v) is 6.35. The zero-order valence-corrected chi connectivity index (χ0v) is 22.2. The summed E-state index contributed by atoms with van der Waals surface area (Å²) in [6.07, 6.45) is 2.76. The zero-order valence-electron chi connectivity index (χ0n) is 20.5. The second kappa shape index (κ2) is 12.4. The molecule has 12 nitrogen and oxygen atoms in total. The summed E-state index contributed by atoms with van der Waals surface area (Å²) in [5, 5.41) is 19.6. The molecule has 2 fully saturated rings. The lowest BCUT2D eigenvalue weighted by Gasteiger charge is -2.37. The first-order chi connectivity index (χ1) is 17.7. The third-order valence-corrected chi connectivity index (χ3v) is 8.43. The van der Waals surface area contributed by atoms with E-state index in [0.29, 0.717) is 22.8 Å². The number of amides is 3. The maximum atomic E-state index is 13.6. The standard InChI is InChI=1S/C24H30N6O6S.ClH/c25-27-15-29-9-3-4-16(13-29)12-26-22(32)11-21-23(33)28-20(14-31)24(34)30(21)37(35,36)19-8-7-17-5-1-2-6-18(17)10-19;/h1-2,5-8,10,15-16,20-21,31H,3-4,9,11-14,25H2,(H,26,32)(H,28,33);1H/t16-,20-,21-;/m0./s1. The summed E-state index contributed by atoms with van der Waals surface area (Å²) >= 11 is 0. The van der Waals surface area contributed by atoms with Crippen LogP contribution in [0.3, 0.4) is 0 Å². The molecule has 2 aromatic carbocycles. The first kappa shape index (κ1) is 29.1.